The summed E-state index contributed by atoms with van der Waals surface area (Å²) in [5, 5.41) is 3.03. The molecule has 4 rings (SSSR count). The Bertz CT molecular complexity index is 544. The SMILES string of the molecule is Cc1cc(=O)c(C(=O)NC2CN3CCC2CC3)c[nH]1. The number of carbonyl (C=O) groups excluding carboxylic acids is 1. The number of aromatic nitrogens is 1. The van der Waals surface area contributed by atoms with Crippen molar-refractivity contribution in [1.82, 2.24) is 15.2 Å². The van der Waals surface area contributed by atoms with E-state index < -0.39 is 0 Å². The van der Waals surface area contributed by atoms with Crippen LogP contribution >= 0.6 is 0 Å². The summed E-state index contributed by atoms with van der Waals surface area (Å²) in [4.78, 5) is 29.3. The Morgan fingerprint density at radius 3 is 2.74 bits per heavy atom. The lowest BCUT2D eigenvalue weighted by Crippen LogP contribution is -2.57. The van der Waals surface area contributed by atoms with Crippen molar-refractivity contribution in [1.29, 1.82) is 0 Å². The molecule has 2 N–H and O–H groups in total. The average Bonchev–Trinajstić information content (AvgIpc) is 2.39. The van der Waals surface area contributed by atoms with Crippen molar-refractivity contribution in [2.75, 3.05) is 19.6 Å². The highest BCUT2D eigenvalue weighted by Crippen LogP contribution is 2.27. The summed E-state index contributed by atoms with van der Waals surface area (Å²) in [6.45, 7) is 5.00. The number of fused-ring (bicyclic) bond motifs is 3. The average molecular weight is 261 g/mol. The molecule has 5 nitrogen and oxygen atoms in total. The number of amides is 1. The van der Waals surface area contributed by atoms with E-state index in [-0.39, 0.29) is 22.9 Å². The molecule has 0 radical (unpaired) electrons. The van der Waals surface area contributed by atoms with Crippen molar-refractivity contribution in [3.63, 3.8) is 0 Å². The van der Waals surface area contributed by atoms with Gasteiger partial charge in [-0.15, -0.1) is 0 Å². The number of nitrogens with zero attached hydrogens (tertiary/aromatic N) is 1. The molecular weight excluding hydrogens is 242 g/mol. The largest absolute Gasteiger partial charge is 0.364 e. The van der Waals surface area contributed by atoms with Crippen LogP contribution in [0.5, 0.6) is 0 Å². The normalized spacial score (nSPS) is 29.2. The third-order valence-electron chi connectivity index (χ3n) is 4.27. The zero-order valence-corrected chi connectivity index (χ0v) is 11.1. The van der Waals surface area contributed by atoms with Crippen LogP contribution in [0, 0.1) is 12.8 Å². The maximum Gasteiger partial charge on any atom is 0.257 e. The molecule has 0 spiro atoms. The summed E-state index contributed by atoms with van der Waals surface area (Å²) >= 11 is 0. The van der Waals surface area contributed by atoms with Crippen LogP contribution in [0.2, 0.25) is 0 Å². The molecule has 1 atom stereocenters. The van der Waals surface area contributed by atoms with Gasteiger partial charge in [-0.2, -0.15) is 0 Å². The molecule has 3 saturated heterocycles. The van der Waals surface area contributed by atoms with Crippen LogP contribution in [-0.2, 0) is 0 Å². The maximum absolute atomic E-state index is 12.2. The fraction of sp³-hybridized carbons (Fsp3) is 0.571. The first-order valence-corrected chi connectivity index (χ1v) is 6.86. The second-order valence-corrected chi connectivity index (χ2v) is 5.61. The molecule has 0 aliphatic carbocycles. The lowest BCUT2D eigenvalue weighted by atomic mass is 9.84. The van der Waals surface area contributed by atoms with Crippen LogP contribution in [0.3, 0.4) is 0 Å². The number of aromatic amines is 1. The van der Waals surface area contributed by atoms with E-state index in [2.05, 4.69) is 15.2 Å². The Balaban J connectivity index is 1.73. The van der Waals surface area contributed by atoms with E-state index in [4.69, 9.17) is 0 Å². The monoisotopic (exact) mass is 261 g/mol. The van der Waals surface area contributed by atoms with Crippen LogP contribution in [-0.4, -0.2) is 41.5 Å². The van der Waals surface area contributed by atoms with E-state index in [1.807, 2.05) is 0 Å². The molecule has 19 heavy (non-hydrogen) atoms. The highest BCUT2D eigenvalue weighted by atomic mass is 16.2. The Kier molecular flexibility index (Phi) is 3.14. The minimum absolute atomic E-state index is 0.190. The fourth-order valence-electron chi connectivity index (χ4n) is 3.13. The number of hydrogen-bond donors (Lipinski definition) is 2. The van der Waals surface area contributed by atoms with Gasteiger partial charge >= 0.3 is 0 Å². The van der Waals surface area contributed by atoms with Gasteiger partial charge in [0.25, 0.3) is 5.91 Å². The number of rotatable bonds is 2. The lowest BCUT2D eigenvalue weighted by Gasteiger charge is -2.44. The number of carbonyl (C=O) groups is 1. The van der Waals surface area contributed by atoms with Gasteiger partial charge in [0.15, 0.2) is 5.43 Å². The molecule has 0 aromatic carbocycles. The van der Waals surface area contributed by atoms with Crippen LogP contribution in [0.1, 0.15) is 28.9 Å². The maximum atomic E-state index is 12.2. The van der Waals surface area contributed by atoms with Gasteiger partial charge in [-0.1, -0.05) is 0 Å². The predicted molar refractivity (Wildman–Crippen MR) is 72.2 cm³/mol. The third kappa shape index (κ3) is 2.42. The highest BCUT2D eigenvalue weighted by molar-refractivity contribution is 5.94. The summed E-state index contributed by atoms with van der Waals surface area (Å²) in [5.74, 6) is 0.318. The van der Waals surface area contributed by atoms with Crippen molar-refractivity contribution in [3.8, 4) is 0 Å². The quantitative estimate of drug-likeness (QED) is 0.815. The molecule has 3 fully saturated rings. The van der Waals surface area contributed by atoms with Crippen molar-refractivity contribution < 1.29 is 4.79 Å². The zero-order chi connectivity index (χ0) is 13.4. The third-order valence-corrected chi connectivity index (χ3v) is 4.27. The van der Waals surface area contributed by atoms with Crippen molar-refractivity contribution in [2.45, 2.75) is 25.8 Å². The van der Waals surface area contributed by atoms with E-state index in [1.54, 1.807) is 6.92 Å². The predicted octanol–water partition coefficient (Wildman–Crippen LogP) is 0.507. The van der Waals surface area contributed by atoms with Gasteiger partial charge in [0.05, 0.1) is 0 Å². The second kappa shape index (κ2) is 4.81. The Morgan fingerprint density at radius 1 is 1.42 bits per heavy atom. The number of aryl methyl sites for hydroxylation is 1. The molecule has 3 aliphatic rings. The second-order valence-electron chi connectivity index (χ2n) is 5.61. The van der Waals surface area contributed by atoms with Gasteiger partial charge in [0, 0.05) is 30.5 Å². The fourth-order valence-corrected chi connectivity index (χ4v) is 3.13. The number of piperidine rings is 3. The number of pyridine rings is 1. The van der Waals surface area contributed by atoms with Gasteiger partial charge in [-0.05, 0) is 38.8 Å². The van der Waals surface area contributed by atoms with Crippen LogP contribution in [0.4, 0.5) is 0 Å². The van der Waals surface area contributed by atoms with E-state index in [9.17, 15) is 9.59 Å². The van der Waals surface area contributed by atoms with Gasteiger partial charge in [0.2, 0.25) is 0 Å². The van der Waals surface area contributed by atoms with Crippen LogP contribution in [0.25, 0.3) is 0 Å². The number of H-pyrrole nitrogens is 1. The van der Waals surface area contributed by atoms with Crippen molar-refractivity contribution in [2.24, 2.45) is 5.92 Å². The lowest BCUT2D eigenvalue weighted by molar-refractivity contribution is 0.0619. The van der Waals surface area contributed by atoms with Gasteiger partial charge in [-0.25, -0.2) is 0 Å². The minimum atomic E-state index is -0.250. The number of hydrogen-bond acceptors (Lipinski definition) is 3. The molecular formula is C14H19N3O2. The zero-order valence-electron chi connectivity index (χ0n) is 11.1. The van der Waals surface area contributed by atoms with Crippen LogP contribution < -0.4 is 10.7 Å². The van der Waals surface area contributed by atoms with E-state index in [0.29, 0.717) is 5.92 Å². The standard InChI is InChI=1S/C14H19N3O2/c1-9-6-13(18)11(7-15-9)14(19)16-12-8-17-4-2-10(12)3-5-17/h6-7,10,12H,2-5,8H2,1H3,(H,15,18)(H,16,19). The van der Waals surface area contributed by atoms with E-state index >= 15 is 0 Å². The summed E-state index contributed by atoms with van der Waals surface area (Å²) in [5.41, 5.74) is 0.765. The van der Waals surface area contributed by atoms with Gasteiger partial charge in [0.1, 0.15) is 5.56 Å². The van der Waals surface area contributed by atoms with Gasteiger partial charge < -0.3 is 15.2 Å². The first-order valence-electron chi connectivity index (χ1n) is 6.86. The van der Waals surface area contributed by atoms with Crippen molar-refractivity contribution >= 4 is 5.91 Å². The Hall–Kier alpha value is -1.62. The summed E-state index contributed by atoms with van der Waals surface area (Å²) in [7, 11) is 0. The molecule has 1 unspecified atom stereocenters. The smallest absolute Gasteiger partial charge is 0.257 e. The molecule has 4 heterocycles. The van der Waals surface area contributed by atoms with E-state index in [1.165, 1.54) is 12.3 Å². The van der Waals surface area contributed by atoms with Gasteiger partial charge in [-0.3, -0.25) is 9.59 Å². The Labute approximate surface area is 112 Å². The molecule has 1 amide bonds. The first-order chi connectivity index (χ1) is 9.13. The topological polar surface area (TPSA) is 65.2 Å². The Morgan fingerprint density at radius 2 is 2.16 bits per heavy atom. The van der Waals surface area contributed by atoms with E-state index in [0.717, 1.165) is 38.2 Å². The molecule has 1 aromatic rings. The summed E-state index contributed by atoms with van der Waals surface area (Å²) in [6, 6.07) is 1.65. The molecule has 3 aliphatic heterocycles. The molecule has 5 heteroatoms. The highest BCUT2D eigenvalue weighted by Gasteiger charge is 2.35. The first kappa shape index (κ1) is 12.4. The van der Waals surface area contributed by atoms with Crippen molar-refractivity contribution in [3.05, 3.63) is 33.7 Å². The molecule has 2 bridgehead atoms. The molecule has 0 saturated carbocycles. The molecule has 1 aromatic heterocycles. The summed E-state index contributed by atoms with van der Waals surface area (Å²) < 4.78 is 0. The summed E-state index contributed by atoms with van der Waals surface area (Å²) in [6.07, 6.45) is 3.80. The van der Waals surface area contributed by atoms with Crippen LogP contribution in [0.15, 0.2) is 17.1 Å². The number of nitrogens with one attached hydrogen (secondary N) is 2. The molecule has 102 valence electrons. The minimum Gasteiger partial charge on any atom is -0.364 e.